The van der Waals surface area contributed by atoms with E-state index in [9.17, 15) is 9.59 Å². The number of aryl methyl sites for hydroxylation is 1. The van der Waals surface area contributed by atoms with Crippen LogP contribution in [0.15, 0.2) is 46.3 Å². The van der Waals surface area contributed by atoms with E-state index in [4.69, 9.17) is 21.1 Å². The van der Waals surface area contributed by atoms with Crippen molar-refractivity contribution in [1.82, 2.24) is 15.2 Å². The van der Waals surface area contributed by atoms with Crippen LogP contribution in [0.2, 0.25) is 5.02 Å². The van der Waals surface area contributed by atoms with Crippen molar-refractivity contribution in [2.75, 3.05) is 14.2 Å². The first-order chi connectivity index (χ1) is 15.0. The minimum atomic E-state index is -0.524. The number of carbonyl (C=O) groups excluding carboxylic acids is 1. The van der Waals surface area contributed by atoms with Crippen LogP contribution in [0.4, 0.5) is 0 Å². The molecule has 0 bridgehead atoms. The van der Waals surface area contributed by atoms with E-state index in [1.165, 1.54) is 25.1 Å². The Balaban J connectivity index is 1.89. The standard InChI is InChI=1S/C22H23ClN4O4/c1-4-5-10-27-22(29)16-9-7-6-8-15(16)19(26-27)21(28)25-24-13-14-11-17(23)20(31-3)18(12-14)30-2/h6-9,11-13H,4-5,10H2,1-3H3,(H,25,28)/b24-13+. The Labute approximate surface area is 184 Å². The largest absolute Gasteiger partial charge is 0.493 e. The van der Waals surface area contributed by atoms with E-state index in [1.54, 1.807) is 36.4 Å². The third-order valence-corrected chi connectivity index (χ3v) is 4.92. The fraction of sp³-hybridized carbons (Fsp3) is 0.273. The SMILES string of the molecule is CCCCn1nc(C(=O)N/N=C/c2cc(Cl)c(OC)c(OC)c2)c2ccccc2c1=O. The first-order valence-corrected chi connectivity index (χ1v) is 10.1. The van der Waals surface area contributed by atoms with Crippen molar-refractivity contribution >= 4 is 34.5 Å². The van der Waals surface area contributed by atoms with Crippen LogP contribution in [0.25, 0.3) is 10.8 Å². The normalized spacial score (nSPS) is 11.1. The Morgan fingerprint density at radius 3 is 2.65 bits per heavy atom. The lowest BCUT2D eigenvalue weighted by atomic mass is 10.1. The molecule has 1 amide bonds. The second kappa shape index (κ2) is 10.1. The van der Waals surface area contributed by atoms with Crippen molar-refractivity contribution in [3.8, 4) is 11.5 Å². The molecular weight excluding hydrogens is 420 g/mol. The molecule has 9 heteroatoms. The van der Waals surface area contributed by atoms with Gasteiger partial charge in [-0.15, -0.1) is 0 Å². The Hall–Kier alpha value is -3.39. The number of unbranched alkanes of at least 4 members (excludes halogenated alkanes) is 1. The molecule has 3 rings (SSSR count). The van der Waals surface area contributed by atoms with E-state index in [0.29, 0.717) is 39.4 Å². The monoisotopic (exact) mass is 442 g/mol. The first kappa shape index (κ1) is 22.3. The molecule has 162 valence electrons. The predicted octanol–water partition coefficient (Wildman–Crippen LogP) is 3.63. The molecule has 2 aromatic carbocycles. The van der Waals surface area contributed by atoms with Crippen LogP contribution in [0.1, 0.15) is 35.8 Å². The lowest BCUT2D eigenvalue weighted by Gasteiger charge is -2.10. The smallest absolute Gasteiger partial charge is 0.292 e. The Morgan fingerprint density at radius 1 is 1.23 bits per heavy atom. The quantitative estimate of drug-likeness (QED) is 0.424. The molecule has 0 radical (unpaired) electrons. The van der Waals surface area contributed by atoms with E-state index < -0.39 is 5.91 Å². The molecule has 0 unspecified atom stereocenters. The molecule has 1 N–H and O–H groups in total. The maximum atomic E-state index is 12.8. The third-order valence-electron chi connectivity index (χ3n) is 4.64. The van der Waals surface area contributed by atoms with Crippen molar-refractivity contribution < 1.29 is 14.3 Å². The fourth-order valence-electron chi connectivity index (χ4n) is 3.09. The predicted molar refractivity (Wildman–Crippen MR) is 121 cm³/mol. The summed E-state index contributed by atoms with van der Waals surface area (Å²) >= 11 is 6.19. The van der Waals surface area contributed by atoms with Gasteiger partial charge in [-0.05, 0) is 30.2 Å². The minimum absolute atomic E-state index is 0.133. The zero-order chi connectivity index (χ0) is 22.4. The van der Waals surface area contributed by atoms with Crippen LogP contribution in [0, 0.1) is 0 Å². The Bertz CT molecular complexity index is 1190. The van der Waals surface area contributed by atoms with E-state index in [1.807, 2.05) is 6.92 Å². The molecule has 0 saturated heterocycles. The van der Waals surface area contributed by atoms with Gasteiger partial charge in [-0.2, -0.15) is 10.2 Å². The Kier molecular flexibility index (Phi) is 7.25. The molecule has 8 nitrogen and oxygen atoms in total. The average molecular weight is 443 g/mol. The van der Waals surface area contributed by atoms with Gasteiger partial charge in [0.1, 0.15) is 0 Å². The molecular formula is C22H23ClN4O4. The van der Waals surface area contributed by atoms with Crippen LogP contribution in [0.3, 0.4) is 0 Å². The molecule has 0 aliphatic heterocycles. The number of halogens is 1. The molecule has 0 fully saturated rings. The number of hydrazone groups is 1. The summed E-state index contributed by atoms with van der Waals surface area (Å²) in [7, 11) is 3.00. The number of rotatable bonds is 8. The van der Waals surface area contributed by atoms with E-state index in [2.05, 4.69) is 15.6 Å². The number of nitrogens with one attached hydrogen (secondary N) is 1. The van der Waals surface area contributed by atoms with Gasteiger partial charge in [-0.25, -0.2) is 10.1 Å². The zero-order valence-corrected chi connectivity index (χ0v) is 18.3. The van der Waals surface area contributed by atoms with Crippen LogP contribution >= 0.6 is 11.6 Å². The van der Waals surface area contributed by atoms with Crippen molar-refractivity contribution in [2.45, 2.75) is 26.3 Å². The van der Waals surface area contributed by atoms with Crippen molar-refractivity contribution in [3.05, 3.63) is 63.0 Å². The molecule has 0 saturated carbocycles. The number of carbonyl (C=O) groups is 1. The van der Waals surface area contributed by atoms with Crippen molar-refractivity contribution in [1.29, 1.82) is 0 Å². The topological polar surface area (TPSA) is 94.8 Å². The third kappa shape index (κ3) is 4.86. The van der Waals surface area contributed by atoms with Crippen LogP contribution in [-0.2, 0) is 6.54 Å². The fourth-order valence-corrected chi connectivity index (χ4v) is 3.39. The number of nitrogens with zero attached hydrogens (tertiary/aromatic N) is 3. The van der Waals surface area contributed by atoms with E-state index in [0.717, 1.165) is 12.8 Å². The minimum Gasteiger partial charge on any atom is -0.493 e. The number of fused-ring (bicyclic) bond motifs is 1. The van der Waals surface area contributed by atoms with Gasteiger partial charge in [0.15, 0.2) is 17.2 Å². The number of aromatic nitrogens is 2. The summed E-state index contributed by atoms with van der Waals surface area (Å²) in [6.45, 7) is 2.46. The summed E-state index contributed by atoms with van der Waals surface area (Å²) in [5.41, 5.74) is 2.99. The number of hydrogen-bond acceptors (Lipinski definition) is 6. The van der Waals surface area contributed by atoms with Crippen molar-refractivity contribution in [3.63, 3.8) is 0 Å². The molecule has 3 aromatic rings. The number of hydrogen-bond donors (Lipinski definition) is 1. The lowest BCUT2D eigenvalue weighted by Crippen LogP contribution is -2.29. The number of amides is 1. The zero-order valence-electron chi connectivity index (χ0n) is 17.5. The second-order valence-electron chi connectivity index (χ2n) is 6.71. The Morgan fingerprint density at radius 2 is 1.97 bits per heavy atom. The van der Waals surface area contributed by atoms with E-state index in [-0.39, 0.29) is 11.3 Å². The number of methoxy groups -OCH3 is 2. The summed E-state index contributed by atoms with van der Waals surface area (Å²) < 4.78 is 11.8. The summed E-state index contributed by atoms with van der Waals surface area (Å²) in [6, 6.07) is 10.2. The number of ether oxygens (including phenoxy) is 2. The summed E-state index contributed by atoms with van der Waals surface area (Å²) in [6.07, 6.45) is 3.12. The van der Waals surface area contributed by atoms with Gasteiger partial charge in [0.2, 0.25) is 0 Å². The molecule has 31 heavy (non-hydrogen) atoms. The summed E-state index contributed by atoms with van der Waals surface area (Å²) in [5.74, 6) is 0.332. The molecule has 0 spiro atoms. The van der Waals surface area contributed by atoms with Gasteiger partial charge in [0.05, 0.1) is 30.8 Å². The average Bonchev–Trinajstić information content (AvgIpc) is 2.78. The van der Waals surface area contributed by atoms with Gasteiger partial charge in [0, 0.05) is 11.9 Å². The second-order valence-corrected chi connectivity index (χ2v) is 7.12. The lowest BCUT2D eigenvalue weighted by molar-refractivity contribution is 0.0949. The first-order valence-electron chi connectivity index (χ1n) is 9.75. The van der Waals surface area contributed by atoms with Gasteiger partial charge >= 0.3 is 0 Å². The highest BCUT2D eigenvalue weighted by Crippen LogP contribution is 2.35. The molecule has 1 aromatic heterocycles. The highest BCUT2D eigenvalue weighted by molar-refractivity contribution is 6.32. The highest BCUT2D eigenvalue weighted by Gasteiger charge is 2.16. The molecule has 0 aliphatic rings. The summed E-state index contributed by atoms with van der Waals surface area (Å²) in [4.78, 5) is 25.5. The van der Waals surface area contributed by atoms with E-state index >= 15 is 0 Å². The molecule has 0 atom stereocenters. The van der Waals surface area contributed by atoms with Gasteiger partial charge in [0.25, 0.3) is 11.5 Å². The van der Waals surface area contributed by atoms with Gasteiger partial charge < -0.3 is 9.47 Å². The van der Waals surface area contributed by atoms with Crippen molar-refractivity contribution in [2.24, 2.45) is 5.10 Å². The van der Waals surface area contributed by atoms with Crippen LogP contribution in [-0.4, -0.2) is 36.1 Å². The number of benzene rings is 2. The maximum Gasteiger partial charge on any atom is 0.292 e. The summed E-state index contributed by atoms with van der Waals surface area (Å²) in [5, 5.41) is 9.56. The van der Waals surface area contributed by atoms with Gasteiger partial charge in [-0.1, -0.05) is 43.1 Å². The molecule has 0 aliphatic carbocycles. The van der Waals surface area contributed by atoms with Crippen LogP contribution < -0.4 is 20.5 Å². The van der Waals surface area contributed by atoms with Crippen LogP contribution in [0.5, 0.6) is 11.5 Å². The maximum absolute atomic E-state index is 12.8. The molecule has 1 heterocycles. The van der Waals surface area contributed by atoms with Gasteiger partial charge in [-0.3, -0.25) is 9.59 Å². The highest BCUT2D eigenvalue weighted by atomic mass is 35.5.